The van der Waals surface area contributed by atoms with Crippen molar-refractivity contribution in [1.29, 1.82) is 0 Å². The molecule has 1 N–H and O–H groups in total. The van der Waals surface area contributed by atoms with Crippen LogP contribution in [0.4, 0.5) is 5.13 Å². The molecule has 3 atom stereocenters. The molecule has 0 aliphatic heterocycles. The molecule has 3 unspecified atom stereocenters. The summed E-state index contributed by atoms with van der Waals surface area (Å²) in [6.07, 6.45) is 3.89. The van der Waals surface area contributed by atoms with E-state index in [2.05, 4.69) is 24.1 Å². The van der Waals surface area contributed by atoms with Crippen LogP contribution in [0.15, 0.2) is 5.38 Å². The van der Waals surface area contributed by atoms with Gasteiger partial charge in [-0.25, -0.2) is 4.98 Å². The maximum Gasteiger partial charge on any atom is 0.184 e. The van der Waals surface area contributed by atoms with Gasteiger partial charge in [0.25, 0.3) is 0 Å². The van der Waals surface area contributed by atoms with Gasteiger partial charge in [-0.05, 0) is 31.1 Å². The van der Waals surface area contributed by atoms with E-state index in [1.165, 1.54) is 19.3 Å². The highest BCUT2D eigenvalue weighted by Gasteiger charge is 2.25. The number of thiazole rings is 1. The zero-order valence-electron chi connectivity index (χ0n) is 9.16. The first-order valence-corrected chi connectivity index (χ1v) is 6.78. The number of nitrogens with one attached hydrogen (secondary N) is 1. The van der Waals surface area contributed by atoms with Gasteiger partial charge in [0.1, 0.15) is 5.15 Å². The van der Waals surface area contributed by atoms with Gasteiger partial charge in [0.05, 0.1) is 0 Å². The Morgan fingerprint density at radius 1 is 1.47 bits per heavy atom. The fourth-order valence-corrected chi connectivity index (χ4v) is 3.26. The summed E-state index contributed by atoms with van der Waals surface area (Å²) < 4.78 is 0. The Morgan fingerprint density at radius 2 is 2.27 bits per heavy atom. The molecule has 1 aromatic heterocycles. The summed E-state index contributed by atoms with van der Waals surface area (Å²) in [4.78, 5) is 4.23. The fourth-order valence-electron chi connectivity index (χ4n) is 2.36. The van der Waals surface area contributed by atoms with Crippen LogP contribution in [0.1, 0.15) is 33.1 Å². The van der Waals surface area contributed by atoms with Crippen molar-refractivity contribution in [2.75, 3.05) is 5.32 Å². The number of hydrogen-bond acceptors (Lipinski definition) is 3. The number of nitrogens with zero attached hydrogens (tertiary/aromatic N) is 1. The SMILES string of the molecule is CC1CCC(Nc2nc(Cl)cs2)C(C)C1. The first kappa shape index (κ1) is 11.2. The minimum atomic E-state index is 0.573. The van der Waals surface area contributed by atoms with E-state index in [-0.39, 0.29) is 0 Å². The van der Waals surface area contributed by atoms with Crippen LogP contribution in [0.5, 0.6) is 0 Å². The predicted molar refractivity (Wildman–Crippen MR) is 66.7 cm³/mol. The van der Waals surface area contributed by atoms with Crippen LogP contribution in [0.2, 0.25) is 5.15 Å². The summed E-state index contributed by atoms with van der Waals surface area (Å²) in [5.74, 6) is 1.61. The van der Waals surface area contributed by atoms with Gasteiger partial charge >= 0.3 is 0 Å². The topological polar surface area (TPSA) is 24.9 Å². The number of anilines is 1. The van der Waals surface area contributed by atoms with Gasteiger partial charge in [0.2, 0.25) is 0 Å². The first-order chi connectivity index (χ1) is 7.15. The maximum absolute atomic E-state index is 5.80. The van der Waals surface area contributed by atoms with Crippen molar-refractivity contribution in [2.45, 2.75) is 39.2 Å². The third kappa shape index (κ3) is 2.85. The minimum absolute atomic E-state index is 0.573. The van der Waals surface area contributed by atoms with Crippen molar-refractivity contribution in [2.24, 2.45) is 11.8 Å². The second-order valence-electron chi connectivity index (χ2n) is 4.62. The Balaban J connectivity index is 1.94. The third-order valence-corrected chi connectivity index (χ3v) is 4.31. The van der Waals surface area contributed by atoms with Crippen LogP contribution >= 0.6 is 22.9 Å². The Morgan fingerprint density at radius 3 is 2.87 bits per heavy atom. The standard InChI is InChI=1S/C11H17ClN2S/c1-7-3-4-9(8(2)5-7)13-11-14-10(12)6-15-11/h6-9H,3-5H2,1-2H3,(H,13,14). The lowest BCUT2D eigenvalue weighted by atomic mass is 9.80. The summed E-state index contributed by atoms with van der Waals surface area (Å²) >= 11 is 7.39. The Labute approximate surface area is 100 Å². The van der Waals surface area contributed by atoms with Crippen LogP contribution in [0.3, 0.4) is 0 Å². The highest BCUT2D eigenvalue weighted by atomic mass is 35.5. The van der Waals surface area contributed by atoms with E-state index in [4.69, 9.17) is 11.6 Å². The van der Waals surface area contributed by atoms with Gasteiger partial charge in [0.15, 0.2) is 5.13 Å². The quantitative estimate of drug-likeness (QED) is 0.850. The van der Waals surface area contributed by atoms with Crippen molar-refractivity contribution in [1.82, 2.24) is 4.98 Å². The first-order valence-electron chi connectivity index (χ1n) is 5.52. The molecule has 2 rings (SSSR count). The molecule has 0 aromatic carbocycles. The molecule has 1 aliphatic carbocycles. The molecule has 1 saturated carbocycles. The van der Waals surface area contributed by atoms with Gasteiger partial charge in [-0.2, -0.15) is 0 Å². The lowest BCUT2D eigenvalue weighted by molar-refractivity contribution is 0.276. The molecule has 0 spiro atoms. The molecule has 0 bridgehead atoms. The average Bonchev–Trinajstić information content (AvgIpc) is 2.56. The van der Waals surface area contributed by atoms with E-state index in [0.717, 1.165) is 17.0 Å². The average molecular weight is 245 g/mol. The summed E-state index contributed by atoms with van der Waals surface area (Å²) in [6.45, 7) is 4.66. The number of aromatic nitrogens is 1. The van der Waals surface area contributed by atoms with Crippen molar-refractivity contribution < 1.29 is 0 Å². The molecule has 0 radical (unpaired) electrons. The smallest absolute Gasteiger partial charge is 0.184 e. The highest BCUT2D eigenvalue weighted by molar-refractivity contribution is 7.14. The summed E-state index contributed by atoms with van der Waals surface area (Å²) in [5.41, 5.74) is 0. The molecule has 1 aromatic rings. The summed E-state index contributed by atoms with van der Waals surface area (Å²) in [7, 11) is 0. The van der Waals surface area contributed by atoms with E-state index in [9.17, 15) is 0 Å². The van der Waals surface area contributed by atoms with Crippen LogP contribution in [0.25, 0.3) is 0 Å². The van der Waals surface area contributed by atoms with Crippen LogP contribution in [-0.2, 0) is 0 Å². The van der Waals surface area contributed by atoms with Crippen molar-refractivity contribution in [3.63, 3.8) is 0 Å². The van der Waals surface area contributed by atoms with Gasteiger partial charge in [-0.1, -0.05) is 25.4 Å². The van der Waals surface area contributed by atoms with Gasteiger partial charge < -0.3 is 5.32 Å². The molecule has 1 fully saturated rings. The Hall–Kier alpha value is -0.280. The Bertz CT molecular complexity index is 326. The summed E-state index contributed by atoms with van der Waals surface area (Å²) in [6, 6.07) is 0.573. The van der Waals surface area contributed by atoms with E-state index in [0.29, 0.717) is 11.2 Å². The maximum atomic E-state index is 5.80. The van der Waals surface area contributed by atoms with Crippen LogP contribution in [-0.4, -0.2) is 11.0 Å². The van der Waals surface area contributed by atoms with E-state index in [1.54, 1.807) is 11.3 Å². The number of hydrogen-bond donors (Lipinski definition) is 1. The van der Waals surface area contributed by atoms with E-state index >= 15 is 0 Å². The molecule has 1 heterocycles. The highest BCUT2D eigenvalue weighted by Crippen LogP contribution is 2.31. The van der Waals surface area contributed by atoms with E-state index in [1.807, 2.05) is 5.38 Å². The number of rotatable bonds is 2. The van der Waals surface area contributed by atoms with E-state index < -0.39 is 0 Å². The molecular formula is C11H17ClN2S. The fraction of sp³-hybridized carbons (Fsp3) is 0.727. The lowest BCUT2D eigenvalue weighted by Gasteiger charge is -2.32. The molecule has 4 heteroatoms. The largest absolute Gasteiger partial charge is 0.358 e. The number of halogens is 1. The monoisotopic (exact) mass is 244 g/mol. The normalized spacial score (nSPS) is 31.5. The van der Waals surface area contributed by atoms with Gasteiger partial charge in [-0.3, -0.25) is 0 Å². The van der Waals surface area contributed by atoms with Gasteiger partial charge in [-0.15, -0.1) is 11.3 Å². The van der Waals surface area contributed by atoms with Crippen molar-refractivity contribution in [3.8, 4) is 0 Å². The molecule has 0 saturated heterocycles. The minimum Gasteiger partial charge on any atom is -0.358 e. The molecule has 84 valence electrons. The summed E-state index contributed by atoms with van der Waals surface area (Å²) in [5, 5.41) is 6.93. The molecule has 15 heavy (non-hydrogen) atoms. The molecule has 0 amide bonds. The molecule has 1 aliphatic rings. The zero-order chi connectivity index (χ0) is 10.8. The second-order valence-corrected chi connectivity index (χ2v) is 5.87. The van der Waals surface area contributed by atoms with Gasteiger partial charge in [0, 0.05) is 11.4 Å². The third-order valence-electron chi connectivity index (χ3n) is 3.22. The molecular weight excluding hydrogens is 228 g/mol. The van der Waals surface area contributed by atoms with Crippen LogP contribution < -0.4 is 5.32 Å². The van der Waals surface area contributed by atoms with Crippen molar-refractivity contribution >= 4 is 28.1 Å². The Kier molecular flexibility index (Phi) is 3.52. The van der Waals surface area contributed by atoms with Crippen LogP contribution in [0, 0.1) is 11.8 Å². The molecule has 2 nitrogen and oxygen atoms in total. The predicted octanol–water partition coefficient (Wildman–Crippen LogP) is 4.03. The van der Waals surface area contributed by atoms with Crippen molar-refractivity contribution in [3.05, 3.63) is 10.5 Å². The zero-order valence-corrected chi connectivity index (χ0v) is 10.7. The lowest BCUT2D eigenvalue weighted by Crippen LogP contribution is -2.32. The second kappa shape index (κ2) is 4.71.